The van der Waals surface area contributed by atoms with Gasteiger partial charge in [0.15, 0.2) is 0 Å². The van der Waals surface area contributed by atoms with Gasteiger partial charge >= 0.3 is 0 Å². The van der Waals surface area contributed by atoms with Crippen molar-refractivity contribution in [3.05, 3.63) is 44.8 Å². The van der Waals surface area contributed by atoms with Crippen molar-refractivity contribution in [3.8, 4) is 0 Å². The Morgan fingerprint density at radius 1 is 0.750 bits per heavy atom. The molecule has 2 rings (SSSR count). The molecule has 0 amide bonds. The Hall–Kier alpha value is -0.606. The molecule has 0 bridgehead atoms. The molecular formula is C18H28Si2. The third kappa shape index (κ3) is 2.48. The predicted molar refractivity (Wildman–Crippen MR) is 94.5 cm³/mol. The van der Waals surface area contributed by atoms with Crippen LogP contribution in [0.1, 0.15) is 41.5 Å². The van der Waals surface area contributed by atoms with E-state index in [-0.39, 0.29) is 7.89 Å². The van der Waals surface area contributed by atoms with Gasteiger partial charge in [-0.25, -0.2) is 0 Å². The average molecular weight is 301 g/mol. The highest BCUT2D eigenvalue weighted by atomic mass is 28.9. The van der Waals surface area contributed by atoms with Gasteiger partial charge in [0.05, 0.1) is 0 Å². The minimum Gasteiger partial charge on any atom is -0.0745 e. The van der Waals surface area contributed by atoms with Crippen molar-refractivity contribution in [2.24, 2.45) is 11.8 Å². The zero-order chi connectivity index (χ0) is 15.2. The number of rotatable bonds is 2. The van der Waals surface area contributed by atoms with E-state index in [1.165, 1.54) is 11.1 Å². The fourth-order valence-electron chi connectivity index (χ4n) is 3.79. The van der Waals surface area contributed by atoms with E-state index < -0.39 is 7.89 Å². The number of hydrogen-bond donors (Lipinski definition) is 0. The van der Waals surface area contributed by atoms with E-state index in [1.807, 2.05) is 10.4 Å². The Labute approximate surface area is 127 Å². The fraction of sp³-hybridized carbons (Fsp3) is 0.556. The highest BCUT2D eigenvalue weighted by Gasteiger charge is 2.29. The third-order valence-corrected chi connectivity index (χ3v) is 13.3. The molecule has 2 heteroatoms. The van der Waals surface area contributed by atoms with Crippen LogP contribution in [0.15, 0.2) is 44.8 Å². The van der Waals surface area contributed by atoms with Gasteiger partial charge in [-0.2, -0.15) is 0 Å². The van der Waals surface area contributed by atoms with E-state index in [0.717, 1.165) is 0 Å². The monoisotopic (exact) mass is 300 g/mol. The highest BCUT2D eigenvalue weighted by Crippen LogP contribution is 2.38. The van der Waals surface area contributed by atoms with Gasteiger partial charge in [0, 0.05) is 7.89 Å². The Morgan fingerprint density at radius 2 is 1.10 bits per heavy atom. The molecule has 2 atom stereocenters. The second-order valence-electron chi connectivity index (χ2n) is 6.73. The summed E-state index contributed by atoms with van der Waals surface area (Å²) >= 11 is 0. The molecule has 0 aliphatic heterocycles. The minimum atomic E-state index is -0.520. The van der Waals surface area contributed by atoms with Crippen LogP contribution in [0.2, 0.25) is 13.1 Å². The molecule has 0 N–H and O–H groups in total. The van der Waals surface area contributed by atoms with Crippen molar-refractivity contribution < 1.29 is 0 Å². The van der Waals surface area contributed by atoms with Crippen LogP contribution in [0.4, 0.5) is 0 Å². The topological polar surface area (TPSA) is 0 Å². The lowest BCUT2D eigenvalue weighted by Crippen LogP contribution is -2.25. The van der Waals surface area contributed by atoms with E-state index in [1.54, 1.807) is 11.1 Å². The van der Waals surface area contributed by atoms with Crippen molar-refractivity contribution in [2.45, 2.75) is 54.6 Å². The Balaban J connectivity index is 2.62. The summed E-state index contributed by atoms with van der Waals surface area (Å²) in [5.74, 6) is 1.33. The average Bonchev–Trinajstić information content (AvgIpc) is 2.72. The smallest absolute Gasteiger partial charge is 0.0491 e. The molecule has 0 nitrogen and oxygen atoms in total. The lowest BCUT2D eigenvalue weighted by atomic mass is 10.2. The van der Waals surface area contributed by atoms with E-state index in [0.29, 0.717) is 11.8 Å². The maximum atomic E-state index is 2.53. The number of allylic oxidation sites excluding steroid dienone is 8. The van der Waals surface area contributed by atoms with Crippen molar-refractivity contribution in [2.75, 3.05) is 0 Å². The van der Waals surface area contributed by atoms with Gasteiger partial charge in [0.25, 0.3) is 0 Å². The summed E-state index contributed by atoms with van der Waals surface area (Å²) in [5, 5.41) is 3.63. The van der Waals surface area contributed by atoms with Gasteiger partial charge < -0.3 is 0 Å². The zero-order valence-electron chi connectivity index (χ0n) is 14.3. The summed E-state index contributed by atoms with van der Waals surface area (Å²) in [4.78, 5) is 0. The lowest BCUT2D eigenvalue weighted by Gasteiger charge is -2.22. The Bertz CT molecular complexity index is 557. The second kappa shape index (κ2) is 5.65. The third-order valence-electron chi connectivity index (χ3n) is 4.94. The molecule has 2 unspecified atom stereocenters. The summed E-state index contributed by atoms with van der Waals surface area (Å²) in [5.41, 5.74) is 6.25. The summed E-state index contributed by atoms with van der Waals surface area (Å²) in [6, 6.07) is 0. The molecule has 0 fully saturated rings. The highest BCUT2D eigenvalue weighted by molar-refractivity contribution is 7.02. The van der Waals surface area contributed by atoms with Crippen molar-refractivity contribution in [1.82, 2.24) is 0 Å². The molecule has 0 aromatic rings. The first kappa shape index (κ1) is 15.8. The van der Waals surface area contributed by atoms with Crippen LogP contribution in [0.3, 0.4) is 0 Å². The molecule has 0 saturated heterocycles. The summed E-state index contributed by atoms with van der Waals surface area (Å²) in [6.45, 7) is 19.2. The fourth-order valence-corrected chi connectivity index (χ4v) is 13.1. The number of hydrogen-bond acceptors (Lipinski definition) is 0. The molecule has 2 aliphatic carbocycles. The maximum absolute atomic E-state index is 2.53. The normalized spacial score (nSPS) is 26.2. The van der Waals surface area contributed by atoms with Gasteiger partial charge in [0.1, 0.15) is 0 Å². The Kier molecular flexibility index (Phi) is 4.45. The lowest BCUT2D eigenvalue weighted by molar-refractivity contribution is 0.903. The standard InChI is InChI=1S/C18H28Si2/c1-11-9-13(3)17(15(11)5)20(19(7)8)18-14(4)10-12(2)16(18)6/h9-10,13-14H,1-8H3. The van der Waals surface area contributed by atoms with Crippen LogP contribution < -0.4 is 0 Å². The summed E-state index contributed by atoms with van der Waals surface area (Å²) in [6.07, 6.45) is 4.96. The molecule has 0 aromatic carbocycles. The molecule has 20 heavy (non-hydrogen) atoms. The van der Waals surface area contributed by atoms with Crippen LogP contribution in [0, 0.1) is 11.8 Å². The largest absolute Gasteiger partial charge is 0.0745 e. The zero-order valence-corrected chi connectivity index (χ0v) is 16.3. The maximum Gasteiger partial charge on any atom is 0.0491 e. The molecule has 0 heterocycles. The predicted octanol–water partition coefficient (Wildman–Crippen LogP) is 5.22. The molecule has 0 radical (unpaired) electrons. The van der Waals surface area contributed by atoms with E-state index in [4.69, 9.17) is 0 Å². The van der Waals surface area contributed by atoms with Gasteiger partial charge in [-0.1, -0.05) is 60.6 Å². The molecule has 2 aliphatic rings. The molecular weight excluding hydrogens is 272 g/mol. The molecule has 0 aromatic heterocycles. The van der Waals surface area contributed by atoms with Crippen LogP contribution >= 0.6 is 0 Å². The van der Waals surface area contributed by atoms with Crippen molar-refractivity contribution in [3.63, 3.8) is 0 Å². The van der Waals surface area contributed by atoms with Gasteiger partial charge in [0.2, 0.25) is 0 Å². The second-order valence-corrected chi connectivity index (χ2v) is 15.1. The Morgan fingerprint density at radius 3 is 1.30 bits per heavy atom. The van der Waals surface area contributed by atoms with Gasteiger partial charge in [-0.15, -0.1) is 0 Å². The summed E-state index contributed by atoms with van der Waals surface area (Å²) < 4.78 is 0. The van der Waals surface area contributed by atoms with Crippen LogP contribution in [-0.4, -0.2) is 15.8 Å². The van der Waals surface area contributed by atoms with E-state index >= 15 is 0 Å². The van der Waals surface area contributed by atoms with E-state index in [9.17, 15) is 0 Å². The van der Waals surface area contributed by atoms with Crippen molar-refractivity contribution >= 4 is 15.8 Å². The molecule has 0 saturated carbocycles. The van der Waals surface area contributed by atoms with Crippen LogP contribution in [0.25, 0.3) is 0 Å². The summed E-state index contributed by atoms with van der Waals surface area (Å²) in [7, 11) is -0.816. The SMILES string of the molecule is CC1=CC(C)C([Si](C2=C(C)C(C)=CC2C)=[Si](C)C)=C1C. The van der Waals surface area contributed by atoms with Crippen LogP contribution in [-0.2, 0) is 0 Å². The molecule has 108 valence electrons. The first-order valence-electron chi connectivity index (χ1n) is 7.73. The molecule has 0 spiro atoms. The van der Waals surface area contributed by atoms with Crippen LogP contribution in [0.5, 0.6) is 0 Å². The minimum absolute atomic E-state index is 0.296. The van der Waals surface area contributed by atoms with Gasteiger partial charge in [-0.05, 0) is 58.6 Å². The van der Waals surface area contributed by atoms with Crippen molar-refractivity contribution in [1.29, 1.82) is 0 Å². The van der Waals surface area contributed by atoms with E-state index in [2.05, 4.69) is 66.8 Å². The first-order chi connectivity index (χ1) is 9.25. The first-order valence-corrected chi connectivity index (χ1v) is 12.7. The quantitative estimate of drug-likeness (QED) is 0.614. The van der Waals surface area contributed by atoms with Gasteiger partial charge in [-0.3, -0.25) is 0 Å².